The van der Waals surface area contributed by atoms with Crippen molar-refractivity contribution in [3.8, 4) is 11.6 Å². The molecule has 0 bridgehead atoms. The van der Waals surface area contributed by atoms with Crippen molar-refractivity contribution in [2.24, 2.45) is 0 Å². The van der Waals surface area contributed by atoms with Gasteiger partial charge >= 0.3 is 0 Å². The van der Waals surface area contributed by atoms with E-state index >= 15 is 0 Å². The Labute approximate surface area is 128 Å². The molecule has 5 heteroatoms. The molecule has 1 aromatic heterocycles. The molecule has 110 valence electrons. The summed E-state index contributed by atoms with van der Waals surface area (Å²) in [5, 5.41) is 3.93. The fourth-order valence-corrected chi connectivity index (χ4v) is 2.15. The number of rotatable bonds is 5. The van der Waals surface area contributed by atoms with Gasteiger partial charge in [0, 0.05) is 18.7 Å². The molecule has 0 spiro atoms. The van der Waals surface area contributed by atoms with Crippen molar-refractivity contribution in [2.75, 3.05) is 0 Å². The molecule has 3 nitrogen and oxygen atoms in total. The number of ether oxygens (including phenoxy) is 1. The summed E-state index contributed by atoms with van der Waals surface area (Å²) >= 11 is 6.13. The fourth-order valence-electron chi connectivity index (χ4n) is 1.98. The van der Waals surface area contributed by atoms with Crippen LogP contribution >= 0.6 is 11.6 Å². The minimum Gasteiger partial charge on any atom is -0.436 e. The van der Waals surface area contributed by atoms with Crippen LogP contribution in [0.2, 0.25) is 5.02 Å². The first-order valence-electron chi connectivity index (χ1n) is 6.94. The quantitative estimate of drug-likeness (QED) is 0.897. The number of aromatic nitrogens is 1. The van der Waals surface area contributed by atoms with Crippen LogP contribution in [0.4, 0.5) is 4.39 Å². The van der Waals surface area contributed by atoms with Gasteiger partial charge in [-0.15, -0.1) is 0 Å². The summed E-state index contributed by atoms with van der Waals surface area (Å²) in [7, 11) is 0. The molecule has 1 aliphatic rings. The highest BCUT2D eigenvalue weighted by atomic mass is 35.5. The van der Waals surface area contributed by atoms with Gasteiger partial charge in [-0.2, -0.15) is 0 Å². The maximum atomic E-state index is 13.7. The van der Waals surface area contributed by atoms with Crippen molar-refractivity contribution in [3.05, 3.63) is 52.4 Å². The summed E-state index contributed by atoms with van der Waals surface area (Å²) in [6, 6.07) is 8.67. The van der Waals surface area contributed by atoms with E-state index in [1.54, 1.807) is 24.3 Å². The Morgan fingerprint density at radius 2 is 2.14 bits per heavy atom. The zero-order chi connectivity index (χ0) is 14.8. The second-order valence-corrected chi connectivity index (χ2v) is 5.68. The van der Waals surface area contributed by atoms with Gasteiger partial charge in [-0.3, -0.25) is 0 Å². The van der Waals surface area contributed by atoms with E-state index in [-0.39, 0.29) is 5.75 Å². The van der Waals surface area contributed by atoms with E-state index in [0.29, 0.717) is 29.2 Å². The normalized spacial score (nSPS) is 14.2. The molecule has 1 N–H and O–H groups in total. The lowest BCUT2D eigenvalue weighted by Gasteiger charge is -2.10. The van der Waals surface area contributed by atoms with Gasteiger partial charge in [0.05, 0.1) is 10.7 Å². The van der Waals surface area contributed by atoms with E-state index in [1.807, 2.05) is 6.92 Å². The van der Waals surface area contributed by atoms with Crippen molar-refractivity contribution in [1.82, 2.24) is 10.3 Å². The van der Waals surface area contributed by atoms with Gasteiger partial charge in [-0.25, -0.2) is 9.37 Å². The van der Waals surface area contributed by atoms with Gasteiger partial charge in [0.2, 0.25) is 5.88 Å². The maximum Gasteiger partial charge on any atom is 0.219 e. The van der Waals surface area contributed by atoms with Gasteiger partial charge in [0.1, 0.15) is 0 Å². The third-order valence-corrected chi connectivity index (χ3v) is 3.67. The van der Waals surface area contributed by atoms with Crippen LogP contribution in [-0.2, 0) is 6.54 Å². The number of nitrogens with one attached hydrogen (secondary N) is 1. The summed E-state index contributed by atoms with van der Waals surface area (Å²) < 4.78 is 19.2. The zero-order valence-corrected chi connectivity index (χ0v) is 12.5. The predicted octanol–water partition coefficient (Wildman–Crippen LogP) is 4.23. The predicted molar refractivity (Wildman–Crippen MR) is 80.3 cm³/mol. The second-order valence-electron chi connectivity index (χ2n) is 5.27. The highest BCUT2D eigenvalue weighted by Gasteiger charge is 2.21. The van der Waals surface area contributed by atoms with Gasteiger partial charge in [-0.05, 0) is 43.5 Å². The lowest BCUT2D eigenvalue weighted by atomic mass is 10.2. The SMILES string of the molecule is Cc1ccc(F)c(Oc2ccc(Cl)c(CNC3CC3)n2)c1. The minimum atomic E-state index is -0.407. The number of halogens is 2. The van der Waals surface area contributed by atoms with Crippen LogP contribution in [-0.4, -0.2) is 11.0 Å². The van der Waals surface area contributed by atoms with Crippen molar-refractivity contribution in [1.29, 1.82) is 0 Å². The molecule has 0 aliphatic heterocycles. The van der Waals surface area contributed by atoms with Gasteiger partial charge in [-0.1, -0.05) is 17.7 Å². The van der Waals surface area contributed by atoms with Gasteiger partial charge in [0.25, 0.3) is 0 Å². The van der Waals surface area contributed by atoms with E-state index < -0.39 is 5.82 Å². The summed E-state index contributed by atoms with van der Waals surface area (Å²) in [6.07, 6.45) is 2.39. The first kappa shape index (κ1) is 14.3. The molecule has 21 heavy (non-hydrogen) atoms. The highest BCUT2D eigenvalue weighted by Crippen LogP contribution is 2.27. The Bertz CT molecular complexity index is 659. The molecule has 1 saturated carbocycles. The second kappa shape index (κ2) is 6.00. The molecular formula is C16H16ClFN2O. The number of benzene rings is 1. The number of nitrogens with zero attached hydrogens (tertiary/aromatic N) is 1. The number of aryl methyl sites for hydroxylation is 1. The van der Waals surface area contributed by atoms with Crippen LogP contribution in [0, 0.1) is 12.7 Å². The van der Waals surface area contributed by atoms with Crippen molar-refractivity contribution >= 4 is 11.6 Å². The first-order valence-corrected chi connectivity index (χ1v) is 7.32. The molecule has 1 aliphatic carbocycles. The summed E-state index contributed by atoms with van der Waals surface area (Å²) in [6.45, 7) is 2.48. The van der Waals surface area contributed by atoms with Crippen molar-refractivity contribution in [2.45, 2.75) is 32.4 Å². The Balaban J connectivity index is 1.78. The molecule has 1 fully saturated rings. The largest absolute Gasteiger partial charge is 0.436 e. The van der Waals surface area contributed by atoms with Crippen LogP contribution < -0.4 is 10.1 Å². The number of pyridine rings is 1. The monoisotopic (exact) mass is 306 g/mol. The highest BCUT2D eigenvalue weighted by molar-refractivity contribution is 6.31. The standard InChI is InChI=1S/C16H16ClFN2O/c1-10-2-6-13(18)15(8-10)21-16-7-5-12(17)14(20-16)9-19-11-3-4-11/h2,5-8,11,19H,3-4,9H2,1H3. The van der Waals surface area contributed by atoms with E-state index in [2.05, 4.69) is 10.3 Å². The Kier molecular flexibility index (Phi) is 4.08. The smallest absolute Gasteiger partial charge is 0.219 e. The Hall–Kier alpha value is -1.65. The van der Waals surface area contributed by atoms with Crippen LogP contribution in [0.15, 0.2) is 30.3 Å². The Morgan fingerprint density at radius 3 is 2.90 bits per heavy atom. The molecule has 0 saturated heterocycles. The lowest BCUT2D eigenvalue weighted by Crippen LogP contribution is -2.16. The van der Waals surface area contributed by atoms with E-state index in [0.717, 1.165) is 5.56 Å². The number of hydrogen-bond donors (Lipinski definition) is 1. The fraction of sp³-hybridized carbons (Fsp3) is 0.312. The average Bonchev–Trinajstić information content (AvgIpc) is 3.27. The van der Waals surface area contributed by atoms with Crippen LogP contribution in [0.5, 0.6) is 11.6 Å². The molecule has 0 radical (unpaired) electrons. The van der Waals surface area contributed by atoms with Gasteiger partial charge in [0.15, 0.2) is 11.6 Å². The molecule has 1 heterocycles. The van der Waals surface area contributed by atoms with E-state index in [1.165, 1.54) is 18.9 Å². The molecule has 0 atom stereocenters. The van der Waals surface area contributed by atoms with Crippen molar-refractivity contribution in [3.63, 3.8) is 0 Å². The minimum absolute atomic E-state index is 0.172. The van der Waals surface area contributed by atoms with Crippen LogP contribution in [0.25, 0.3) is 0 Å². The average molecular weight is 307 g/mol. The molecular weight excluding hydrogens is 291 g/mol. The van der Waals surface area contributed by atoms with Crippen LogP contribution in [0.1, 0.15) is 24.1 Å². The molecule has 1 aromatic carbocycles. The molecule has 0 unspecified atom stereocenters. The number of hydrogen-bond acceptors (Lipinski definition) is 3. The van der Waals surface area contributed by atoms with Crippen LogP contribution in [0.3, 0.4) is 0 Å². The lowest BCUT2D eigenvalue weighted by molar-refractivity contribution is 0.425. The Morgan fingerprint density at radius 1 is 1.33 bits per heavy atom. The van der Waals surface area contributed by atoms with Gasteiger partial charge < -0.3 is 10.1 Å². The van der Waals surface area contributed by atoms with E-state index in [4.69, 9.17) is 16.3 Å². The molecule has 2 aromatic rings. The van der Waals surface area contributed by atoms with E-state index in [9.17, 15) is 4.39 Å². The third kappa shape index (κ3) is 3.71. The maximum absolute atomic E-state index is 13.7. The topological polar surface area (TPSA) is 34.1 Å². The summed E-state index contributed by atoms with van der Waals surface area (Å²) in [4.78, 5) is 4.35. The first-order chi connectivity index (χ1) is 10.1. The molecule has 3 rings (SSSR count). The molecule has 0 amide bonds. The zero-order valence-electron chi connectivity index (χ0n) is 11.7. The summed E-state index contributed by atoms with van der Waals surface area (Å²) in [5.74, 6) is 0.109. The van der Waals surface area contributed by atoms with Crippen molar-refractivity contribution < 1.29 is 9.13 Å². The summed E-state index contributed by atoms with van der Waals surface area (Å²) in [5.41, 5.74) is 1.64. The third-order valence-electron chi connectivity index (χ3n) is 3.33.